The van der Waals surface area contributed by atoms with Crippen LogP contribution >= 0.6 is 15.9 Å². The second kappa shape index (κ2) is 7.30. The summed E-state index contributed by atoms with van der Waals surface area (Å²) in [5.41, 5.74) is 2.67. The van der Waals surface area contributed by atoms with Gasteiger partial charge in [0.1, 0.15) is 0 Å². The predicted molar refractivity (Wildman–Crippen MR) is 81.8 cm³/mol. The molecule has 0 heterocycles. The van der Waals surface area contributed by atoms with Crippen LogP contribution < -0.4 is 5.32 Å². The van der Waals surface area contributed by atoms with Gasteiger partial charge in [-0.05, 0) is 49.4 Å². The Bertz CT molecular complexity index is 369. The lowest BCUT2D eigenvalue weighted by atomic mass is 10.0. The van der Waals surface area contributed by atoms with Crippen LogP contribution in [0.5, 0.6) is 0 Å². The van der Waals surface area contributed by atoms with Gasteiger partial charge in [0.25, 0.3) is 0 Å². The summed E-state index contributed by atoms with van der Waals surface area (Å²) in [6, 6.07) is 6.61. The Morgan fingerprint density at radius 2 is 2.06 bits per heavy atom. The van der Waals surface area contributed by atoms with Gasteiger partial charge in [-0.3, -0.25) is 0 Å². The zero-order valence-corrected chi connectivity index (χ0v) is 12.9. The number of hydrogen-bond donors (Lipinski definition) is 1. The van der Waals surface area contributed by atoms with Gasteiger partial charge in [0, 0.05) is 11.0 Å². The minimum absolute atomic E-state index is 0.990. The number of hydrogen-bond acceptors (Lipinski definition) is 1. The standard InChI is InChI=1S/C16H24BrN/c1-13-8-9-15(11-16(13)17)12-18-10-4-7-14-5-2-3-6-14/h8-9,11,14,18H,2-7,10,12H2,1H3. The van der Waals surface area contributed by atoms with E-state index in [1.165, 1.54) is 54.1 Å². The molecule has 0 atom stereocenters. The van der Waals surface area contributed by atoms with E-state index < -0.39 is 0 Å². The summed E-state index contributed by atoms with van der Waals surface area (Å²) in [4.78, 5) is 0. The average molecular weight is 310 g/mol. The molecule has 1 N–H and O–H groups in total. The summed E-state index contributed by atoms with van der Waals surface area (Å²) in [7, 11) is 0. The van der Waals surface area contributed by atoms with Crippen molar-refractivity contribution in [1.29, 1.82) is 0 Å². The van der Waals surface area contributed by atoms with Crippen LogP contribution in [0.2, 0.25) is 0 Å². The fourth-order valence-electron chi connectivity index (χ4n) is 2.79. The molecule has 0 aliphatic heterocycles. The van der Waals surface area contributed by atoms with Crippen LogP contribution in [0.3, 0.4) is 0 Å². The molecule has 0 spiro atoms. The fraction of sp³-hybridized carbons (Fsp3) is 0.625. The summed E-state index contributed by atoms with van der Waals surface area (Å²) in [5, 5.41) is 3.55. The van der Waals surface area contributed by atoms with Gasteiger partial charge in [0.05, 0.1) is 0 Å². The SMILES string of the molecule is Cc1ccc(CNCCCC2CCCC2)cc1Br. The molecule has 1 aliphatic rings. The van der Waals surface area contributed by atoms with Gasteiger partial charge in [-0.2, -0.15) is 0 Å². The minimum Gasteiger partial charge on any atom is -0.313 e. The van der Waals surface area contributed by atoms with Gasteiger partial charge in [-0.15, -0.1) is 0 Å². The van der Waals surface area contributed by atoms with E-state index in [0.29, 0.717) is 0 Å². The van der Waals surface area contributed by atoms with Gasteiger partial charge in [-0.25, -0.2) is 0 Å². The monoisotopic (exact) mass is 309 g/mol. The highest BCUT2D eigenvalue weighted by Gasteiger charge is 2.13. The van der Waals surface area contributed by atoms with E-state index in [1.807, 2.05) is 0 Å². The smallest absolute Gasteiger partial charge is 0.0207 e. The lowest BCUT2D eigenvalue weighted by molar-refractivity contribution is 0.470. The van der Waals surface area contributed by atoms with E-state index in [1.54, 1.807) is 0 Å². The van der Waals surface area contributed by atoms with Crippen molar-refractivity contribution in [1.82, 2.24) is 5.32 Å². The molecule has 100 valence electrons. The molecule has 18 heavy (non-hydrogen) atoms. The molecule has 1 nitrogen and oxygen atoms in total. The third-order valence-electron chi connectivity index (χ3n) is 4.01. The molecule has 1 aromatic carbocycles. The van der Waals surface area contributed by atoms with Crippen LogP contribution in [0.1, 0.15) is 49.7 Å². The molecule has 0 aromatic heterocycles. The Morgan fingerprint density at radius 1 is 1.28 bits per heavy atom. The van der Waals surface area contributed by atoms with Crippen molar-refractivity contribution < 1.29 is 0 Å². The number of nitrogens with one attached hydrogen (secondary N) is 1. The van der Waals surface area contributed by atoms with Crippen molar-refractivity contribution in [2.24, 2.45) is 5.92 Å². The van der Waals surface area contributed by atoms with Gasteiger partial charge in [0.2, 0.25) is 0 Å². The molecule has 2 rings (SSSR count). The second-order valence-electron chi connectivity index (χ2n) is 5.55. The summed E-state index contributed by atoms with van der Waals surface area (Å²) < 4.78 is 1.22. The zero-order valence-electron chi connectivity index (χ0n) is 11.3. The second-order valence-corrected chi connectivity index (χ2v) is 6.41. The first-order valence-electron chi connectivity index (χ1n) is 7.21. The number of halogens is 1. The van der Waals surface area contributed by atoms with Gasteiger partial charge >= 0.3 is 0 Å². The molecule has 0 unspecified atom stereocenters. The van der Waals surface area contributed by atoms with Crippen molar-refractivity contribution in [3.05, 3.63) is 33.8 Å². The van der Waals surface area contributed by atoms with Gasteiger partial charge in [0.15, 0.2) is 0 Å². The molecule has 1 aliphatic carbocycles. The lowest BCUT2D eigenvalue weighted by Crippen LogP contribution is -2.15. The number of aryl methyl sites for hydroxylation is 1. The fourth-order valence-corrected chi connectivity index (χ4v) is 3.22. The van der Waals surface area contributed by atoms with Crippen molar-refractivity contribution in [2.75, 3.05) is 6.54 Å². The summed E-state index contributed by atoms with van der Waals surface area (Å²) in [6.45, 7) is 4.27. The van der Waals surface area contributed by atoms with Crippen LogP contribution in [0.25, 0.3) is 0 Å². The van der Waals surface area contributed by atoms with E-state index in [9.17, 15) is 0 Å². The van der Waals surface area contributed by atoms with E-state index >= 15 is 0 Å². The molecule has 0 bridgehead atoms. The van der Waals surface area contributed by atoms with Gasteiger partial charge in [-0.1, -0.05) is 53.7 Å². The van der Waals surface area contributed by atoms with E-state index in [-0.39, 0.29) is 0 Å². The topological polar surface area (TPSA) is 12.0 Å². The molecular weight excluding hydrogens is 286 g/mol. The minimum atomic E-state index is 0.990. The Hall–Kier alpha value is -0.340. The summed E-state index contributed by atoms with van der Waals surface area (Å²) in [5.74, 6) is 1.03. The maximum absolute atomic E-state index is 3.59. The maximum atomic E-state index is 3.59. The first-order valence-corrected chi connectivity index (χ1v) is 8.01. The van der Waals surface area contributed by atoms with Crippen LogP contribution in [0.4, 0.5) is 0 Å². The first-order chi connectivity index (χ1) is 8.75. The van der Waals surface area contributed by atoms with Crippen molar-refractivity contribution in [3.63, 3.8) is 0 Å². The Morgan fingerprint density at radius 3 is 2.78 bits per heavy atom. The van der Waals surface area contributed by atoms with E-state index in [2.05, 4.69) is 46.4 Å². The Labute approximate surface area is 119 Å². The van der Waals surface area contributed by atoms with Crippen molar-refractivity contribution >= 4 is 15.9 Å². The molecular formula is C16H24BrN. The van der Waals surface area contributed by atoms with Gasteiger partial charge < -0.3 is 5.32 Å². The normalized spacial score (nSPS) is 16.3. The van der Waals surface area contributed by atoms with Crippen molar-refractivity contribution in [2.45, 2.75) is 52.0 Å². The highest BCUT2D eigenvalue weighted by atomic mass is 79.9. The van der Waals surface area contributed by atoms with Crippen LogP contribution in [0, 0.1) is 12.8 Å². The largest absolute Gasteiger partial charge is 0.313 e. The Balaban J connectivity index is 1.61. The predicted octanol–water partition coefficient (Wildman–Crippen LogP) is 4.82. The number of benzene rings is 1. The first kappa shape index (κ1) is 14.1. The quantitative estimate of drug-likeness (QED) is 0.743. The molecule has 0 saturated heterocycles. The van der Waals surface area contributed by atoms with E-state index in [4.69, 9.17) is 0 Å². The molecule has 0 radical (unpaired) electrons. The van der Waals surface area contributed by atoms with E-state index in [0.717, 1.165) is 19.0 Å². The molecule has 2 heteroatoms. The van der Waals surface area contributed by atoms with Crippen LogP contribution in [-0.2, 0) is 6.54 Å². The van der Waals surface area contributed by atoms with Crippen molar-refractivity contribution in [3.8, 4) is 0 Å². The zero-order chi connectivity index (χ0) is 12.8. The summed E-state index contributed by atoms with van der Waals surface area (Å²) >= 11 is 3.59. The number of rotatable bonds is 6. The van der Waals surface area contributed by atoms with Crippen LogP contribution in [-0.4, -0.2) is 6.54 Å². The third-order valence-corrected chi connectivity index (χ3v) is 4.86. The molecule has 1 fully saturated rings. The lowest BCUT2D eigenvalue weighted by Gasteiger charge is -2.09. The maximum Gasteiger partial charge on any atom is 0.0207 e. The summed E-state index contributed by atoms with van der Waals surface area (Å²) in [6.07, 6.45) is 8.64. The highest BCUT2D eigenvalue weighted by molar-refractivity contribution is 9.10. The highest BCUT2D eigenvalue weighted by Crippen LogP contribution is 2.28. The average Bonchev–Trinajstić information content (AvgIpc) is 2.86. The molecule has 0 amide bonds. The van der Waals surface area contributed by atoms with Crippen LogP contribution in [0.15, 0.2) is 22.7 Å². The molecule has 1 aromatic rings. The Kier molecular flexibility index (Phi) is 5.71. The third kappa shape index (κ3) is 4.40. The molecule has 1 saturated carbocycles.